The van der Waals surface area contributed by atoms with Crippen molar-refractivity contribution >= 4 is 22.8 Å². The minimum absolute atomic E-state index is 0.172. The van der Waals surface area contributed by atoms with Crippen molar-refractivity contribution in [1.82, 2.24) is 19.6 Å². The van der Waals surface area contributed by atoms with E-state index in [1.807, 2.05) is 41.8 Å². The number of rotatable bonds is 1. The van der Waals surface area contributed by atoms with Crippen LogP contribution in [-0.2, 0) is 0 Å². The number of nitrogen functional groups attached to an aromatic ring is 1. The number of benzene rings is 1. The number of hydrogen-bond acceptors (Lipinski definition) is 5. The van der Waals surface area contributed by atoms with Crippen molar-refractivity contribution < 1.29 is 4.42 Å². The molecular weight excluding hydrogens is 254 g/mol. The third-order valence-corrected chi connectivity index (χ3v) is 3.23. The maximum absolute atomic E-state index is 5.55. The summed E-state index contributed by atoms with van der Waals surface area (Å²) in [6.45, 7) is 1.97. The first-order valence-electron chi connectivity index (χ1n) is 6.18. The van der Waals surface area contributed by atoms with Gasteiger partial charge in [-0.05, 0) is 37.3 Å². The molecule has 0 radical (unpaired) electrons. The van der Waals surface area contributed by atoms with Gasteiger partial charge in [-0.25, -0.2) is 9.50 Å². The molecule has 0 aliphatic heterocycles. The van der Waals surface area contributed by atoms with Gasteiger partial charge in [0.1, 0.15) is 5.52 Å². The summed E-state index contributed by atoms with van der Waals surface area (Å²) in [5, 5.41) is 4.58. The molecule has 0 spiro atoms. The van der Waals surface area contributed by atoms with E-state index < -0.39 is 0 Å². The van der Waals surface area contributed by atoms with Gasteiger partial charge in [0.2, 0.25) is 0 Å². The first-order chi connectivity index (χ1) is 9.70. The van der Waals surface area contributed by atoms with E-state index in [0.717, 1.165) is 28.1 Å². The molecule has 4 rings (SSSR count). The molecule has 0 fully saturated rings. The number of hydrogen-bond donors (Lipinski definition) is 1. The largest absolute Gasteiger partial charge is 0.424 e. The van der Waals surface area contributed by atoms with Crippen LogP contribution in [0, 0.1) is 6.92 Å². The molecule has 0 bridgehead atoms. The molecule has 0 aliphatic rings. The Hall–Kier alpha value is -2.89. The summed E-state index contributed by atoms with van der Waals surface area (Å²) in [5.41, 5.74) is 10.6. The van der Waals surface area contributed by atoms with E-state index in [2.05, 4.69) is 15.1 Å². The molecule has 6 heteroatoms. The van der Waals surface area contributed by atoms with Crippen LogP contribution >= 0.6 is 0 Å². The Morgan fingerprint density at radius 2 is 2.10 bits per heavy atom. The minimum Gasteiger partial charge on any atom is -0.424 e. The van der Waals surface area contributed by atoms with Crippen molar-refractivity contribution in [2.45, 2.75) is 6.92 Å². The Kier molecular flexibility index (Phi) is 2.09. The summed E-state index contributed by atoms with van der Waals surface area (Å²) in [7, 11) is 0. The number of anilines is 1. The maximum atomic E-state index is 5.55. The van der Waals surface area contributed by atoms with Crippen molar-refractivity contribution in [1.29, 1.82) is 0 Å². The Labute approximate surface area is 113 Å². The summed E-state index contributed by atoms with van der Waals surface area (Å²) in [5.74, 6) is 0. The van der Waals surface area contributed by atoms with Gasteiger partial charge in [0.15, 0.2) is 11.2 Å². The summed E-state index contributed by atoms with van der Waals surface area (Å²) in [6, 6.07) is 9.75. The predicted octanol–water partition coefficient (Wildman–Crippen LogP) is 2.43. The van der Waals surface area contributed by atoms with Crippen LogP contribution in [-0.4, -0.2) is 19.6 Å². The van der Waals surface area contributed by atoms with Crippen LogP contribution in [0.1, 0.15) is 5.69 Å². The van der Waals surface area contributed by atoms with Gasteiger partial charge in [-0.3, -0.25) is 0 Å². The summed E-state index contributed by atoms with van der Waals surface area (Å²) in [4.78, 5) is 8.40. The Bertz CT molecular complexity index is 937. The second kappa shape index (κ2) is 3.80. The average Bonchev–Trinajstić information content (AvgIpc) is 3.00. The fourth-order valence-corrected chi connectivity index (χ4v) is 2.25. The van der Waals surface area contributed by atoms with Crippen LogP contribution in [0.4, 0.5) is 6.01 Å². The molecule has 98 valence electrons. The van der Waals surface area contributed by atoms with Crippen LogP contribution in [0.15, 0.2) is 40.9 Å². The fourth-order valence-electron chi connectivity index (χ4n) is 2.25. The number of nitrogens with zero attached hydrogens (tertiary/aromatic N) is 4. The van der Waals surface area contributed by atoms with Gasteiger partial charge in [0, 0.05) is 5.56 Å². The van der Waals surface area contributed by atoms with E-state index in [1.54, 1.807) is 6.20 Å². The zero-order valence-electron chi connectivity index (χ0n) is 10.7. The third kappa shape index (κ3) is 1.55. The summed E-state index contributed by atoms with van der Waals surface area (Å²) < 4.78 is 7.08. The second-order valence-electron chi connectivity index (χ2n) is 4.62. The minimum atomic E-state index is 0.172. The zero-order valence-corrected chi connectivity index (χ0v) is 10.7. The number of aryl methyl sites for hydroxylation is 1. The van der Waals surface area contributed by atoms with Crippen LogP contribution in [0.3, 0.4) is 0 Å². The van der Waals surface area contributed by atoms with E-state index in [9.17, 15) is 0 Å². The SMILES string of the molecule is Cc1cnc2ccc(-c3ccc4oc(N)nc4c3)nn12. The van der Waals surface area contributed by atoms with E-state index in [1.165, 1.54) is 0 Å². The van der Waals surface area contributed by atoms with Gasteiger partial charge in [0.05, 0.1) is 17.6 Å². The molecule has 0 amide bonds. The van der Waals surface area contributed by atoms with Crippen LogP contribution < -0.4 is 5.73 Å². The summed E-state index contributed by atoms with van der Waals surface area (Å²) in [6.07, 6.45) is 1.80. The second-order valence-corrected chi connectivity index (χ2v) is 4.62. The van der Waals surface area contributed by atoms with Gasteiger partial charge < -0.3 is 10.2 Å². The highest BCUT2D eigenvalue weighted by Crippen LogP contribution is 2.24. The predicted molar refractivity (Wildman–Crippen MR) is 75.1 cm³/mol. The third-order valence-electron chi connectivity index (χ3n) is 3.23. The molecule has 0 atom stereocenters. The maximum Gasteiger partial charge on any atom is 0.292 e. The molecule has 0 saturated heterocycles. The van der Waals surface area contributed by atoms with Crippen molar-refractivity contribution in [3.63, 3.8) is 0 Å². The molecule has 4 aromatic rings. The molecule has 1 aromatic carbocycles. The topological polar surface area (TPSA) is 82.2 Å². The number of aromatic nitrogens is 4. The molecule has 0 unspecified atom stereocenters. The summed E-state index contributed by atoms with van der Waals surface area (Å²) >= 11 is 0. The van der Waals surface area contributed by atoms with Crippen LogP contribution in [0.2, 0.25) is 0 Å². The lowest BCUT2D eigenvalue weighted by atomic mass is 10.1. The van der Waals surface area contributed by atoms with Crippen LogP contribution in [0.5, 0.6) is 0 Å². The fraction of sp³-hybridized carbons (Fsp3) is 0.0714. The zero-order chi connectivity index (χ0) is 13.7. The lowest BCUT2D eigenvalue weighted by molar-refractivity contribution is 0.626. The Balaban J connectivity index is 1.92. The Morgan fingerprint density at radius 3 is 3.00 bits per heavy atom. The molecule has 0 aliphatic carbocycles. The first kappa shape index (κ1) is 11.0. The van der Waals surface area contributed by atoms with Crippen molar-refractivity contribution in [3.8, 4) is 11.3 Å². The standard InChI is InChI=1S/C14H11N5O/c1-8-7-16-13-5-3-10(18-19(8)13)9-2-4-12-11(6-9)17-14(15)20-12/h2-7H,1H3,(H2,15,17). The van der Waals surface area contributed by atoms with Gasteiger partial charge in [-0.2, -0.15) is 10.1 Å². The van der Waals surface area contributed by atoms with Crippen molar-refractivity contribution in [2.75, 3.05) is 5.73 Å². The van der Waals surface area contributed by atoms with Gasteiger partial charge in [-0.1, -0.05) is 0 Å². The molecule has 3 aromatic heterocycles. The van der Waals surface area contributed by atoms with Gasteiger partial charge >= 0.3 is 0 Å². The lowest BCUT2D eigenvalue weighted by Gasteiger charge is -2.02. The number of imidazole rings is 1. The molecule has 6 nitrogen and oxygen atoms in total. The van der Waals surface area contributed by atoms with E-state index >= 15 is 0 Å². The lowest BCUT2D eigenvalue weighted by Crippen LogP contribution is -1.96. The quantitative estimate of drug-likeness (QED) is 0.571. The van der Waals surface area contributed by atoms with Crippen molar-refractivity contribution in [3.05, 3.63) is 42.2 Å². The Morgan fingerprint density at radius 1 is 1.20 bits per heavy atom. The monoisotopic (exact) mass is 265 g/mol. The van der Waals surface area contributed by atoms with Crippen molar-refractivity contribution in [2.24, 2.45) is 0 Å². The number of fused-ring (bicyclic) bond motifs is 2. The highest BCUT2D eigenvalue weighted by Gasteiger charge is 2.08. The molecule has 20 heavy (non-hydrogen) atoms. The normalized spacial score (nSPS) is 11.4. The van der Waals surface area contributed by atoms with Gasteiger partial charge in [0.25, 0.3) is 6.01 Å². The molecule has 2 N–H and O–H groups in total. The van der Waals surface area contributed by atoms with Crippen LogP contribution in [0.25, 0.3) is 28.0 Å². The average molecular weight is 265 g/mol. The molecular formula is C14H11N5O. The van der Waals surface area contributed by atoms with Gasteiger partial charge in [-0.15, -0.1) is 0 Å². The number of oxazole rings is 1. The van der Waals surface area contributed by atoms with E-state index in [0.29, 0.717) is 5.58 Å². The molecule has 3 heterocycles. The smallest absolute Gasteiger partial charge is 0.292 e. The highest BCUT2D eigenvalue weighted by molar-refractivity contribution is 5.80. The number of nitrogens with two attached hydrogens (primary N) is 1. The first-order valence-corrected chi connectivity index (χ1v) is 6.18. The van der Waals surface area contributed by atoms with E-state index in [-0.39, 0.29) is 6.01 Å². The highest BCUT2D eigenvalue weighted by atomic mass is 16.4. The molecule has 0 saturated carbocycles. The van der Waals surface area contributed by atoms with E-state index in [4.69, 9.17) is 10.2 Å².